The molecule has 4 bridgehead atoms. The van der Waals surface area contributed by atoms with Crippen molar-refractivity contribution < 1.29 is 43.1 Å². The molecule has 40 heavy (non-hydrogen) atoms. The third-order valence-corrected chi connectivity index (χ3v) is 9.55. The number of cyclic esters (lactones) is 1. The van der Waals surface area contributed by atoms with Gasteiger partial charge in [-0.3, -0.25) is 4.79 Å². The van der Waals surface area contributed by atoms with Gasteiger partial charge in [0.05, 0.1) is 24.7 Å². The first-order chi connectivity index (χ1) is 19.1. The van der Waals surface area contributed by atoms with E-state index >= 15 is 0 Å². The van der Waals surface area contributed by atoms with Gasteiger partial charge in [-0.25, -0.2) is 9.18 Å². The molecule has 0 amide bonds. The molecule has 0 unspecified atom stereocenters. The van der Waals surface area contributed by atoms with Gasteiger partial charge in [-0.1, -0.05) is 39.0 Å². The van der Waals surface area contributed by atoms with Crippen LogP contribution < -0.4 is 0 Å². The Hall–Kier alpha value is -2.53. The van der Waals surface area contributed by atoms with Gasteiger partial charge < -0.3 is 34.1 Å². The van der Waals surface area contributed by atoms with E-state index in [-0.39, 0.29) is 24.1 Å². The molecule has 0 aromatic carbocycles. The molecule has 1 saturated carbocycles. The van der Waals surface area contributed by atoms with Crippen LogP contribution in [0.5, 0.6) is 0 Å². The van der Waals surface area contributed by atoms with Crippen LogP contribution in [0.1, 0.15) is 51.0 Å². The summed E-state index contributed by atoms with van der Waals surface area (Å²) in [5.41, 5.74) is -0.278. The minimum absolute atomic E-state index is 0.0421. The van der Waals surface area contributed by atoms with Crippen LogP contribution in [0.25, 0.3) is 0 Å². The average molecular weight is 562 g/mol. The Morgan fingerprint density at radius 2 is 2.05 bits per heavy atom. The second-order valence-corrected chi connectivity index (χ2v) is 11.7. The largest absolute Gasteiger partial charge is 0.459 e. The number of aromatic amines is 1. The van der Waals surface area contributed by atoms with Gasteiger partial charge in [-0.2, -0.15) is 0 Å². The third-order valence-electron chi connectivity index (χ3n) is 9.55. The maximum absolute atomic E-state index is 13.6. The van der Waals surface area contributed by atoms with E-state index in [4.69, 9.17) is 18.9 Å². The maximum atomic E-state index is 13.6. The molecule has 3 heterocycles. The quantitative estimate of drug-likeness (QED) is 0.342. The minimum atomic E-state index is -1.07. The number of nitrogens with one attached hydrogen (secondary N) is 1. The molecular formula is C30H40FNO8. The van der Waals surface area contributed by atoms with Gasteiger partial charge in [-0.15, -0.1) is 0 Å². The van der Waals surface area contributed by atoms with Crippen LogP contribution in [0.2, 0.25) is 0 Å². The second kappa shape index (κ2) is 11.0. The Morgan fingerprint density at radius 3 is 2.67 bits per heavy atom. The first-order valence-corrected chi connectivity index (χ1v) is 14.2. The molecule has 1 aromatic heterocycles. The summed E-state index contributed by atoms with van der Waals surface area (Å²) in [6, 6.07) is 1.06. The van der Waals surface area contributed by atoms with Gasteiger partial charge >= 0.3 is 11.9 Å². The SMILES string of the molecule is CC[C@@H](O)[C@H]1OC(=O)[C@H](CC)[C@H]2C=C[C@H]3[C@H]4O[C@]2(/C(C)=C/[C@H]1C)[C@@H]3[C@H](O)[C@@H](COC)[C@H]4OC(=O)c1cc(F)c[nH]1. The molecule has 1 spiro atoms. The highest BCUT2D eigenvalue weighted by atomic mass is 19.1. The number of ether oxygens (including phenoxy) is 4. The summed E-state index contributed by atoms with van der Waals surface area (Å²) in [6.45, 7) is 7.71. The second-order valence-electron chi connectivity index (χ2n) is 11.7. The number of aliphatic hydroxyl groups excluding tert-OH is 2. The summed E-state index contributed by atoms with van der Waals surface area (Å²) < 4.78 is 38.0. The van der Waals surface area contributed by atoms with E-state index in [0.717, 1.165) is 17.8 Å². The molecule has 4 aliphatic rings. The number of esters is 2. The lowest BCUT2D eigenvalue weighted by molar-refractivity contribution is -0.168. The van der Waals surface area contributed by atoms with Crippen LogP contribution in [-0.2, 0) is 23.7 Å². The number of aliphatic hydroxyl groups is 2. The van der Waals surface area contributed by atoms with Crippen molar-refractivity contribution in [3.05, 3.63) is 47.6 Å². The highest BCUT2D eigenvalue weighted by Crippen LogP contribution is 2.62. The Kier molecular flexibility index (Phi) is 8.00. The van der Waals surface area contributed by atoms with Crippen molar-refractivity contribution in [2.24, 2.45) is 35.5 Å². The molecule has 3 N–H and O–H groups in total. The van der Waals surface area contributed by atoms with Crippen LogP contribution in [0, 0.1) is 41.3 Å². The molecule has 5 rings (SSSR count). The fourth-order valence-corrected chi connectivity index (χ4v) is 7.71. The zero-order chi connectivity index (χ0) is 28.9. The van der Waals surface area contributed by atoms with Crippen molar-refractivity contribution in [2.45, 2.75) is 76.7 Å². The lowest BCUT2D eigenvalue weighted by Gasteiger charge is -2.49. The number of hydrogen-bond donors (Lipinski definition) is 3. The summed E-state index contributed by atoms with van der Waals surface area (Å²) in [5, 5.41) is 22.7. The van der Waals surface area contributed by atoms with E-state index in [2.05, 4.69) is 4.98 Å². The average Bonchev–Trinajstić information content (AvgIpc) is 3.44. The third kappa shape index (κ3) is 4.44. The molecule has 220 valence electrons. The molecule has 12 atom stereocenters. The zero-order valence-corrected chi connectivity index (χ0v) is 23.6. The number of carbonyl (C=O) groups is 2. The fourth-order valence-electron chi connectivity index (χ4n) is 7.71. The van der Waals surface area contributed by atoms with Crippen LogP contribution in [-0.4, -0.2) is 77.0 Å². The molecule has 0 radical (unpaired) electrons. The monoisotopic (exact) mass is 561 g/mol. The topological polar surface area (TPSA) is 127 Å². The minimum Gasteiger partial charge on any atom is -0.459 e. The molecular weight excluding hydrogens is 521 g/mol. The molecule has 2 aliphatic carbocycles. The number of methoxy groups -OCH3 is 1. The Labute approximate surface area is 233 Å². The molecule has 10 heteroatoms. The number of halogens is 1. The van der Waals surface area contributed by atoms with E-state index in [9.17, 15) is 24.2 Å². The van der Waals surface area contributed by atoms with Gasteiger partial charge in [0.15, 0.2) is 0 Å². The molecule has 9 nitrogen and oxygen atoms in total. The summed E-state index contributed by atoms with van der Waals surface area (Å²) in [6.07, 6.45) is 3.82. The van der Waals surface area contributed by atoms with Crippen molar-refractivity contribution in [3.8, 4) is 0 Å². The number of H-pyrrole nitrogens is 1. The van der Waals surface area contributed by atoms with E-state index in [1.165, 1.54) is 7.11 Å². The van der Waals surface area contributed by atoms with Crippen molar-refractivity contribution in [3.63, 3.8) is 0 Å². The Balaban J connectivity index is 1.61. The fraction of sp³-hybridized carbons (Fsp3) is 0.667. The van der Waals surface area contributed by atoms with Gasteiger partial charge in [0.25, 0.3) is 0 Å². The van der Waals surface area contributed by atoms with Crippen molar-refractivity contribution in [1.29, 1.82) is 0 Å². The van der Waals surface area contributed by atoms with E-state index in [0.29, 0.717) is 12.8 Å². The van der Waals surface area contributed by atoms with Crippen LogP contribution in [0.3, 0.4) is 0 Å². The number of hydrogen-bond acceptors (Lipinski definition) is 8. The number of carbonyl (C=O) groups excluding carboxylic acids is 2. The first kappa shape index (κ1) is 29.0. The standard InChI is InChI=1S/C30H40FNO8/c1-6-17-20-9-8-18-23-24(34)19(13-37-5)26(39-29(36)21-11-16(31)12-32-21)27(18)40-30(20,23)15(4)10-14(3)25(22(33)7-2)38-28(17)35/h8-12,14,17-20,22-27,32-34H,6-7,13H2,1-5H3/b15-10+/t14-,17-,18-,19-,20-,22-,23+,24-,25+,26-,27-,30+/m1/s1. The normalized spacial score (nSPS) is 42.5. The maximum Gasteiger partial charge on any atom is 0.355 e. The number of aromatic nitrogens is 1. The number of rotatable bonds is 7. The van der Waals surface area contributed by atoms with Gasteiger partial charge in [-0.05, 0) is 25.3 Å². The summed E-state index contributed by atoms with van der Waals surface area (Å²) in [7, 11) is 1.51. The van der Waals surface area contributed by atoms with E-state index < -0.39 is 77.5 Å². The molecule has 1 aromatic rings. The summed E-state index contributed by atoms with van der Waals surface area (Å²) in [5.74, 6) is -4.49. The summed E-state index contributed by atoms with van der Waals surface area (Å²) >= 11 is 0. The van der Waals surface area contributed by atoms with Gasteiger partial charge in [0.1, 0.15) is 35.4 Å². The van der Waals surface area contributed by atoms with Crippen molar-refractivity contribution in [1.82, 2.24) is 4.98 Å². The predicted molar refractivity (Wildman–Crippen MR) is 141 cm³/mol. The van der Waals surface area contributed by atoms with Crippen LogP contribution in [0.15, 0.2) is 36.1 Å². The highest BCUT2D eigenvalue weighted by molar-refractivity contribution is 5.87. The highest BCUT2D eigenvalue weighted by Gasteiger charge is 2.70. The van der Waals surface area contributed by atoms with Crippen molar-refractivity contribution >= 4 is 11.9 Å². The lowest BCUT2D eigenvalue weighted by atomic mass is 9.56. The smallest absolute Gasteiger partial charge is 0.355 e. The Morgan fingerprint density at radius 1 is 1.30 bits per heavy atom. The van der Waals surface area contributed by atoms with E-state index in [1.54, 1.807) is 0 Å². The van der Waals surface area contributed by atoms with Crippen LogP contribution in [0.4, 0.5) is 4.39 Å². The lowest BCUT2D eigenvalue weighted by Crippen LogP contribution is -2.59. The summed E-state index contributed by atoms with van der Waals surface area (Å²) in [4.78, 5) is 29.3. The van der Waals surface area contributed by atoms with Crippen LogP contribution >= 0.6 is 0 Å². The first-order valence-electron chi connectivity index (χ1n) is 14.2. The predicted octanol–water partition coefficient (Wildman–Crippen LogP) is 3.18. The Bertz CT molecular complexity index is 1180. The van der Waals surface area contributed by atoms with Crippen molar-refractivity contribution in [2.75, 3.05) is 13.7 Å². The molecule has 2 aliphatic heterocycles. The van der Waals surface area contributed by atoms with E-state index in [1.807, 2.05) is 45.9 Å². The zero-order valence-electron chi connectivity index (χ0n) is 23.6. The van der Waals surface area contributed by atoms with Gasteiger partial charge in [0.2, 0.25) is 0 Å². The van der Waals surface area contributed by atoms with Gasteiger partial charge in [0, 0.05) is 49.0 Å². The molecule has 2 fully saturated rings. The molecule has 1 saturated heterocycles.